The third-order valence-electron chi connectivity index (χ3n) is 3.13. The van der Waals surface area contributed by atoms with Gasteiger partial charge in [0.1, 0.15) is 0 Å². The lowest BCUT2D eigenvalue weighted by molar-refractivity contribution is -0.115. The molecule has 0 aliphatic rings. The highest BCUT2D eigenvalue weighted by Gasteiger charge is 2.04. The lowest BCUT2D eigenvalue weighted by Crippen LogP contribution is -2.27. The first-order valence-corrected chi connectivity index (χ1v) is 7.69. The molecule has 1 aromatic heterocycles. The van der Waals surface area contributed by atoms with E-state index in [1.807, 2.05) is 31.2 Å². The number of rotatable bonds is 6. The fraction of sp³-hybridized carbons (Fsp3) is 0.312. The van der Waals surface area contributed by atoms with Gasteiger partial charge >= 0.3 is 0 Å². The first kappa shape index (κ1) is 14.8. The number of carbonyl (C=O) groups is 1. The zero-order valence-corrected chi connectivity index (χ0v) is 12.7. The summed E-state index contributed by atoms with van der Waals surface area (Å²) in [6, 6.07) is 9.96. The molecular weight excluding hydrogens is 268 g/mol. The zero-order chi connectivity index (χ0) is 14.4. The minimum Gasteiger partial charge on any atom is -0.325 e. The standard InChI is InChI=1S/C16H20N2OS/c1-3-13-8-9-20-15(13)10-17-11-16(19)18-14-6-4-12(2)5-7-14/h4-9,17H,3,10-11H2,1-2H3,(H,18,19). The monoisotopic (exact) mass is 288 g/mol. The lowest BCUT2D eigenvalue weighted by Gasteiger charge is -2.07. The smallest absolute Gasteiger partial charge is 0.238 e. The van der Waals surface area contributed by atoms with Gasteiger partial charge in [-0.3, -0.25) is 4.79 Å². The van der Waals surface area contributed by atoms with Gasteiger partial charge in [-0.05, 0) is 42.5 Å². The van der Waals surface area contributed by atoms with Crippen molar-refractivity contribution in [2.24, 2.45) is 0 Å². The van der Waals surface area contributed by atoms with E-state index in [-0.39, 0.29) is 5.91 Å². The number of benzene rings is 1. The maximum Gasteiger partial charge on any atom is 0.238 e. The van der Waals surface area contributed by atoms with E-state index in [4.69, 9.17) is 0 Å². The van der Waals surface area contributed by atoms with E-state index in [1.54, 1.807) is 11.3 Å². The largest absolute Gasteiger partial charge is 0.325 e. The molecule has 20 heavy (non-hydrogen) atoms. The maximum absolute atomic E-state index is 11.8. The summed E-state index contributed by atoms with van der Waals surface area (Å²) in [7, 11) is 0. The van der Waals surface area contributed by atoms with Crippen LogP contribution in [0.15, 0.2) is 35.7 Å². The maximum atomic E-state index is 11.8. The second-order valence-corrected chi connectivity index (χ2v) is 5.74. The van der Waals surface area contributed by atoms with Crippen LogP contribution in [0.3, 0.4) is 0 Å². The van der Waals surface area contributed by atoms with Gasteiger partial charge in [0.25, 0.3) is 0 Å². The lowest BCUT2D eigenvalue weighted by atomic mass is 10.2. The molecule has 0 unspecified atom stereocenters. The Balaban J connectivity index is 1.76. The van der Waals surface area contributed by atoms with Gasteiger partial charge in [-0.2, -0.15) is 0 Å². The number of thiophene rings is 1. The van der Waals surface area contributed by atoms with E-state index in [1.165, 1.54) is 16.0 Å². The van der Waals surface area contributed by atoms with Crippen LogP contribution in [0, 0.1) is 6.92 Å². The van der Waals surface area contributed by atoms with Gasteiger partial charge in [0, 0.05) is 17.1 Å². The van der Waals surface area contributed by atoms with Crippen molar-refractivity contribution in [2.45, 2.75) is 26.8 Å². The molecule has 0 saturated carbocycles. The Morgan fingerprint density at radius 2 is 1.95 bits per heavy atom. The molecule has 4 heteroatoms. The van der Waals surface area contributed by atoms with Crippen molar-refractivity contribution in [1.29, 1.82) is 0 Å². The summed E-state index contributed by atoms with van der Waals surface area (Å²) in [6.45, 7) is 5.26. The van der Waals surface area contributed by atoms with Crippen molar-refractivity contribution in [2.75, 3.05) is 11.9 Å². The van der Waals surface area contributed by atoms with Crippen LogP contribution < -0.4 is 10.6 Å². The molecule has 0 fully saturated rings. The molecule has 1 amide bonds. The molecule has 2 aromatic rings. The van der Waals surface area contributed by atoms with E-state index in [9.17, 15) is 4.79 Å². The molecule has 0 saturated heterocycles. The highest BCUT2D eigenvalue weighted by Crippen LogP contribution is 2.16. The molecule has 1 aromatic carbocycles. The van der Waals surface area contributed by atoms with Crippen molar-refractivity contribution in [3.63, 3.8) is 0 Å². The summed E-state index contributed by atoms with van der Waals surface area (Å²) in [5, 5.41) is 8.17. The Hall–Kier alpha value is -1.65. The van der Waals surface area contributed by atoms with Crippen LogP contribution in [-0.4, -0.2) is 12.5 Å². The van der Waals surface area contributed by atoms with Crippen LogP contribution in [0.1, 0.15) is 22.9 Å². The highest BCUT2D eigenvalue weighted by molar-refractivity contribution is 7.10. The van der Waals surface area contributed by atoms with Crippen molar-refractivity contribution >= 4 is 22.9 Å². The molecule has 0 aliphatic carbocycles. The van der Waals surface area contributed by atoms with Gasteiger partial charge in [0.05, 0.1) is 6.54 Å². The second-order valence-electron chi connectivity index (χ2n) is 4.74. The molecule has 0 spiro atoms. The summed E-state index contributed by atoms with van der Waals surface area (Å²) >= 11 is 1.74. The Morgan fingerprint density at radius 3 is 2.65 bits per heavy atom. The number of hydrogen-bond donors (Lipinski definition) is 2. The van der Waals surface area contributed by atoms with Gasteiger partial charge in [-0.1, -0.05) is 24.6 Å². The Labute approximate surface area is 124 Å². The van der Waals surface area contributed by atoms with E-state index < -0.39 is 0 Å². The van der Waals surface area contributed by atoms with Crippen molar-refractivity contribution in [3.8, 4) is 0 Å². The van der Waals surface area contributed by atoms with Gasteiger partial charge in [-0.25, -0.2) is 0 Å². The van der Waals surface area contributed by atoms with Crippen molar-refractivity contribution in [1.82, 2.24) is 5.32 Å². The van der Waals surface area contributed by atoms with Crippen LogP contribution in [-0.2, 0) is 17.8 Å². The summed E-state index contributed by atoms with van der Waals surface area (Å²) < 4.78 is 0. The average molecular weight is 288 g/mol. The van der Waals surface area contributed by atoms with Crippen LogP contribution in [0.4, 0.5) is 5.69 Å². The van der Waals surface area contributed by atoms with E-state index in [0.717, 1.165) is 18.7 Å². The molecule has 0 bridgehead atoms. The Morgan fingerprint density at radius 1 is 1.20 bits per heavy atom. The fourth-order valence-corrected chi connectivity index (χ4v) is 2.91. The number of nitrogens with one attached hydrogen (secondary N) is 2. The number of amides is 1. The third-order valence-corrected chi connectivity index (χ3v) is 4.09. The highest BCUT2D eigenvalue weighted by atomic mass is 32.1. The normalized spacial score (nSPS) is 10.5. The summed E-state index contributed by atoms with van der Waals surface area (Å²) in [4.78, 5) is 13.1. The summed E-state index contributed by atoms with van der Waals surface area (Å²) in [5.41, 5.74) is 3.39. The van der Waals surface area contributed by atoms with Gasteiger partial charge in [0.15, 0.2) is 0 Å². The molecule has 2 N–H and O–H groups in total. The second kappa shape index (κ2) is 7.22. The van der Waals surface area contributed by atoms with Gasteiger partial charge in [0.2, 0.25) is 5.91 Å². The SMILES string of the molecule is CCc1ccsc1CNCC(=O)Nc1ccc(C)cc1. The minimum absolute atomic E-state index is 0.0107. The third kappa shape index (κ3) is 4.18. The van der Waals surface area contributed by atoms with Gasteiger partial charge in [-0.15, -0.1) is 11.3 Å². The Kier molecular flexibility index (Phi) is 5.32. The molecule has 3 nitrogen and oxygen atoms in total. The minimum atomic E-state index is -0.0107. The van der Waals surface area contributed by atoms with Crippen LogP contribution >= 0.6 is 11.3 Å². The fourth-order valence-electron chi connectivity index (χ4n) is 1.97. The summed E-state index contributed by atoms with van der Waals surface area (Å²) in [5.74, 6) is -0.0107. The van der Waals surface area contributed by atoms with Crippen molar-refractivity contribution in [3.05, 3.63) is 51.7 Å². The number of hydrogen-bond acceptors (Lipinski definition) is 3. The number of aryl methyl sites for hydroxylation is 2. The molecule has 0 aliphatic heterocycles. The van der Waals surface area contributed by atoms with Gasteiger partial charge < -0.3 is 10.6 Å². The van der Waals surface area contributed by atoms with Crippen LogP contribution in [0.25, 0.3) is 0 Å². The first-order chi connectivity index (χ1) is 9.69. The van der Waals surface area contributed by atoms with E-state index >= 15 is 0 Å². The Bertz CT molecular complexity index is 560. The topological polar surface area (TPSA) is 41.1 Å². The predicted molar refractivity (Wildman–Crippen MR) is 85.2 cm³/mol. The number of carbonyl (C=O) groups excluding carboxylic acids is 1. The van der Waals surface area contributed by atoms with Crippen LogP contribution in [0.5, 0.6) is 0 Å². The first-order valence-electron chi connectivity index (χ1n) is 6.81. The van der Waals surface area contributed by atoms with Crippen LogP contribution in [0.2, 0.25) is 0 Å². The van der Waals surface area contributed by atoms with E-state index in [2.05, 4.69) is 29.0 Å². The quantitative estimate of drug-likeness (QED) is 0.856. The van der Waals surface area contributed by atoms with Crippen molar-refractivity contribution < 1.29 is 4.79 Å². The molecule has 2 rings (SSSR count). The molecular formula is C16H20N2OS. The molecule has 0 radical (unpaired) electrons. The predicted octanol–water partition coefficient (Wildman–Crippen LogP) is 3.35. The average Bonchev–Trinajstić information content (AvgIpc) is 2.89. The van der Waals surface area contributed by atoms with E-state index in [0.29, 0.717) is 6.54 Å². The molecule has 106 valence electrons. The summed E-state index contributed by atoms with van der Waals surface area (Å²) in [6.07, 6.45) is 1.04. The molecule has 1 heterocycles. The zero-order valence-electron chi connectivity index (χ0n) is 11.9. The molecule has 0 atom stereocenters. The number of anilines is 1.